The predicted molar refractivity (Wildman–Crippen MR) is 114 cm³/mol. The Morgan fingerprint density at radius 3 is 2.48 bits per heavy atom. The molecule has 3 aromatic rings. The van der Waals surface area contributed by atoms with Crippen LogP contribution in [0.3, 0.4) is 0 Å². The lowest BCUT2D eigenvalue weighted by atomic mass is 10.1. The molecule has 12 nitrogen and oxygen atoms in total. The van der Waals surface area contributed by atoms with Gasteiger partial charge in [-0.05, 0) is 36.8 Å². The molecule has 0 aliphatic heterocycles. The van der Waals surface area contributed by atoms with Crippen LogP contribution in [-0.4, -0.2) is 56.7 Å². The number of aryl methyl sites for hydroxylation is 2. The summed E-state index contributed by atoms with van der Waals surface area (Å²) in [5.74, 6) is -1.95. The fourth-order valence-electron chi connectivity index (χ4n) is 3.02. The minimum absolute atomic E-state index is 0.00217. The van der Waals surface area contributed by atoms with Crippen LogP contribution in [0.2, 0.25) is 10.0 Å². The molecule has 0 aliphatic carbocycles. The monoisotopic (exact) mass is 516 g/mol. The minimum Gasteiger partial charge on any atom is -0.481 e. The smallest absolute Gasteiger partial charge is 0.305 e. The zero-order valence-electron chi connectivity index (χ0n) is 17.3. The highest BCUT2D eigenvalue weighted by Gasteiger charge is 2.32. The van der Waals surface area contributed by atoms with Gasteiger partial charge in [-0.1, -0.05) is 34.4 Å². The van der Waals surface area contributed by atoms with Crippen LogP contribution in [0.25, 0.3) is 0 Å². The van der Waals surface area contributed by atoms with Crippen LogP contribution in [-0.2, 0) is 32.6 Å². The average Bonchev–Trinajstić information content (AvgIpc) is 3.29. The van der Waals surface area contributed by atoms with Crippen LogP contribution in [0.15, 0.2) is 27.6 Å². The van der Waals surface area contributed by atoms with E-state index in [9.17, 15) is 18.0 Å². The lowest BCUT2D eigenvalue weighted by molar-refractivity contribution is -0.139. The molecule has 2 heterocycles. The van der Waals surface area contributed by atoms with E-state index in [1.807, 2.05) is 0 Å². The van der Waals surface area contributed by atoms with Crippen molar-refractivity contribution in [3.63, 3.8) is 0 Å². The molecule has 176 valence electrons. The zero-order chi connectivity index (χ0) is 24.3. The SMILES string of the molecule is Cc1noc(C)c1S(=O)(=O)NC(CC(=O)O)C(=O)Cn1nnc(Cc2c(Cl)cccc2Cl)n1. The Hall–Kier alpha value is -2.87. The molecule has 15 heteroatoms. The van der Waals surface area contributed by atoms with Crippen molar-refractivity contribution in [1.29, 1.82) is 0 Å². The van der Waals surface area contributed by atoms with Gasteiger partial charge in [0.25, 0.3) is 0 Å². The summed E-state index contributed by atoms with van der Waals surface area (Å²) in [4.78, 5) is 24.7. The molecule has 0 saturated carbocycles. The minimum atomic E-state index is -4.29. The van der Waals surface area contributed by atoms with Crippen molar-refractivity contribution < 1.29 is 27.6 Å². The second-order valence-corrected chi connectivity index (χ2v) is 9.47. The second kappa shape index (κ2) is 9.95. The summed E-state index contributed by atoms with van der Waals surface area (Å²) in [6.45, 7) is 2.27. The first kappa shape index (κ1) is 24.8. The number of aliphatic carboxylic acids is 1. The molecule has 0 aliphatic rings. The van der Waals surface area contributed by atoms with Crippen molar-refractivity contribution in [2.45, 2.75) is 44.2 Å². The van der Waals surface area contributed by atoms with E-state index in [1.54, 1.807) is 18.2 Å². The highest BCUT2D eigenvalue weighted by Crippen LogP contribution is 2.25. The number of carboxylic acids is 1. The number of aromatic nitrogens is 5. The fourth-order valence-corrected chi connectivity index (χ4v) is 5.10. The van der Waals surface area contributed by atoms with E-state index in [4.69, 9.17) is 32.8 Å². The highest BCUT2D eigenvalue weighted by atomic mass is 35.5. The first-order valence-electron chi connectivity index (χ1n) is 9.37. The number of nitrogens with one attached hydrogen (secondary N) is 1. The van der Waals surface area contributed by atoms with Gasteiger partial charge < -0.3 is 9.63 Å². The van der Waals surface area contributed by atoms with Crippen molar-refractivity contribution in [2.24, 2.45) is 0 Å². The summed E-state index contributed by atoms with van der Waals surface area (Å²) in [7, 11) is -4.29. The van der Waals surface area contributed by atoms with E-state index in [1.165, 1.54) is 13.8 Å². The number of carboxylic acid groups (broad SMARTS) is 1. The number of hydrogen-bond donors (Lipinski definition) is 2. The summed E-state index contributed by atoms with van der Waals surface area (Å²) in [6.07, 6.45) is -0.651. The standard InChI is InChI=1S/C18H18Cl2N6O6S/c1-9-18(10(2)32-23-9)33(30,31)24-14(7-17(28)29)15(27)8-26-22-16(21-25-26)6-11-12(19)4-3-5-13(11)20/h3-5,14,24H,6-8H2,1-2H3,(H,28,29). The van der Waals surface area contributed by atoms with Crippen molar-refractivity contribution >= 4 is 45.0 Å². The van der Waals surface area contributed by atoms with Gasteiger partial charge in [0.2, 0.25) is 10.0 Å². The van der Waals surface area contributed by atoms with Crippen molar-refractivity contribution in [3.8, 4) is 0 Å². The number of carbonyl (C=O) groups is 2. The lowest BCUT2D eigenvalue weighted by Crippen LogP contribution is -2.44. The number of ketones is 1. The molecule has 0 fully saturated rings. The summed E-state index contributed by atoms with van der Waals surface area (Å²) in [5.41, 5.74) is 0.644. The van der Waals surface area contributed by atoms with E-state index in [2.05, 4.69) is 25.3 Å². The van der Waals surface area contributed by atoms with Crippen LogP contribution >= 0.6 is 23.2 Å². The van der Waals surface area contributed by atoms with Gasteiger partial charge in [0.05, 0.1) is 12.5 Å². The van der Waals surface area contributed by atoms with Crippen LogP contribution in [0.4, 0.5) is 0 Å². The molecule has 0 bridgehead atoms. The number of tetrazole rings is 1. The van der Waals surface area contributed by atoms with Gasteiger partial charge in [-0.25, -0.2) is 8.42 Å². The summed E-state index contributed by atoms with van der Waals surface area (Å²) < 4.78 is 32.4. The molecule has 0 saturated heterocycles. The maximum Gasteiger partial charge on any atom is 0.305 e. The van der Waals surface area contributed by atoms with Crippen LogP contribution in [0.1, 0.15) is 29.3 Å². The van der Waals surface area contributed by atoms with Crippen molar-refractivity contribution in [1.82, 2.24) is 30.1 Å². The Kier molecular flexibility index (Phi) is 7.47. The van der Waals surface area contributed by atoms with Crippen molar-refractivity contribution in [3.05, 3.63) is 51.1 Å². The van der Waals surface area contributed by atoms with E-state index in [-0.39, 0.29) is 28.6 Å². The first-order valence-corrected chi connectivity index (χ1v) is 11.6. The molecular formula is C18H18Cl2N6O6S. The Morgan fingerprint density at radius 2 is 1.91 bits per heavy atom. The Bertz CT molecular complexity index is 1270. The number of hydrogen-bond acceptors (Lipinski definition) is 9. The number of benzene rings is 1. The summed E-state index contributed by atoms with van der Waals surface area (Å²) >= 11 is 12.3. The van der Waals surface area contributed by atoms with E-state index >= 15 is 0 Å². The molecule has 2 aromatic heterocycles. The van der Waals surface area contributed by atoms with E-state index < -0.39 is 40.8 Å². The number of carbonyl (C=O) groups excluding carboxylic acids is 1. The van der Waals surface area contributed by atoms with Gasteiger partial charge in [0.15, 0.2) is 17.4 Å². The average molecular weight is 517 g/mol. The molecular weight excluding hydrogens is 499 g/mol. The van der Waals surface area contributed by atoms with Crippen molar-refractivity contribution in [2.75, 3.05) is 0 Å². The number of nitrogens with zero attached hydrogens (tertiary/aromatic N) is 5. The highest BCUT2D eigenvalue weighted by molar-refractivity contribution is 7.89. The molecule has 0 spiro atoms. The summed E-state index contributed by atoms with van der Waals surface area (Å²) in [6, 6.07) is 3.40. The van der Waals surface area contributed by atoms with E-state index in [0.29, 0.717) is 15.6 Å². The second-order valence-electron chi connectivity index (χ2n) is 7.00. The predicted octanol–water partition coefficient (Wildman–Crippen LogP) is 1.57. The number of sulfonamides is 1. The Labute approximate surface area is 197 Å². The Morgan fingerprint density at radius 1 is 1.24 bits per heavy atom. The molecule has 33 heavy (non-hydrogen) atoms. The maximum absolute atomic E-state index is 12.7. The molecule has 0 radical (unpaired) electrons. The fraction of sp³-hybridized carbons (Fsp3) is 0.333. The molecule has 1 aromatic carbocycles. The van der Waals surface area contributed by atoms with Gasteiger partial charge in [0, 0.05) is 16.5 Å². The topological polar surface area (TPSA) is 170 Å². The van der Waals surface area contributed by atoms with Gasteiger partial charge in [0.1, 0.15) is 17.1 Å². The largest absolute Gasteiger partial charge is 0.481 e. The van der Waals surface area contributed by atoms with Gasteiger partial charge in [-0.3, -0.25) is 9.59 Å². The third-order valence-corrected chi connectivity index (χ3v) is 6.91. The molecule has 2 N–H and O–H groups in total. The maximum atomic E-state index is 12.7. The quantitative estimate of drug-likeness (QED) is 0.402. The van der Waals surface area contributed by atoms with Crippen LogP contribution in [0, 0.1) is 13.8 Å². The molecule has 0 amide bonds. The van der Waals surface area contributed by atoms with Gasteiger partial charge >= 0.3 is 5.97 Å². The Balaban J connectivity index is 1.77. The molecule has 3 rings (SSSR count). The normalized spacial score (nSPS) is 12.6. The van der Waals surface area contributed by atoms with E-state index in [0.717, 1.165) is 4.80 Å². The number of rotatable bonds is 10. The van der Waals surface area contributed by atoms with Gasteiger partial charge in [-0.2, -0.15) is 9.52 Å². The number of Topliss-reactive ketones (excluding diaryl/α,β-unsaturated/α-hetero) is 1. The molecule has 1 unspecified atom stereocenters. The number of halogens is 2. The first-order chi connectivity index (χ1) is 15.5. The van der Waals surface area contributed by atoms with Crippen LogP contribution < -0.4 is 4.72 Å². The molecule has 1 atom stereocenters. The third kappa shape index (κ3) is 5.93. The zero-order valence-corrected chi connectivity index (χ0v) is 19.6. The van der Waals surface area contributed by atoms with Crippen LogP contribution in [0.5, 0.6) is 0 Å². The lowest BCUT2D eigenvalue weighted by Gasteiger charge is -2.15. The van der Waals surface area contributed by atoms with Gasteiger partial charge in [-0.15, -0.1) is 10.2 Å². The summed E-state index contributed by atoms with van der Waals surface area (Å²) in [5, 5.41) is 25.2. The third-order valence-electron chi connectivity index (χ3n) is 4.49.